The number of carbonyl (C=O) groups is 2. The van der Waals surface area contributed by atoms with Crippen LogP contribution in [-0.2, 0) is 4.79 Å². The molecule has 2 aromatic rings. The van der Waals surface area contributed by atoms with Gasteiger partial charge >= 0.3 is 5.97 Å². The Balaban J connectivity index is 2.11. The minimum Gasteiger partial charge on any atom is -0.427 e. The van der Waals surface area contributed by atoms with Gasteiger partial charge in [0.1, 0.15) is 5.75 Å². The van der Waals surface area contributed by atoms with Gasteiger partial charge in [0.15, 0.2) is 0 Å². The third-order valence-corrected chi connectivity index (χ3v) is 2.93. The molecule has 0 atom stereocenters. The van der Waals surface area contributed by atoms with Crippen molar-refractivity contribution in [1.29, 1.82) is 0 Å². The van der Waals surface area contributed by atoms with Crippen LogP contribution < -0.4 is 10.1 Å². The fraction of sp³-hybridized carbons (Fsp3) is 0.0667. The number of halogens is 2. The lowest BCUT2D eigenvalue weighted by Crippen LogP contribution is -2.12. The van der Waals surface area contributed by atoms with Crippen LogP contribution in [0, 0.1) is 0 Å². The molecule has 0 heterocycles. The third kappa shape index (κ3) is 4.48. The second kappa shape index (κ2) is 6.61. The summed E-state index contributed by atoms with van der Waals surface area (Å²) in [5, 5.41) is 3.55. The predicted octanol–water partition coefficient (Wildman–Crippen LogP) is 4.17. The van der Waals surface area contributed by atoms with Gasteiger partial charge in [0.05, 0.1) is 0 Å². The van der Waals surface area contributed by atoms with Gasteiger partial charge in [-0.1, -0.05) is 23.2 Å². The summed E-state index contributed by atoms with van der Waals surface area (Å²) in [4.78, 5) is 22.9. The minimum absolute atomic E-state index is 0.317. The lowest BCUT2D eigenvalue weighted by molar-refractivity contribution is -0.131. The van der Waals surface area contributed by atoms with E-state index in [4.69, 9.17) is 27.9 Å². The zero-order valence-corrected chi connectivity index (χ0v) is 12.5. The Kier molecular flexibility index (Phi) is 4.83. The third-order valence-electron chi connectivity index (χ3n) is 2.50. The van der Waals surface area contributed by atoms with E-state index < -0.39 is 5.97 Å². The minimum atomic E-state index is -0.416. The van der Waals surface area contributed by atoms with Crippen molar-refractivity contribution in [2.75, 3.05) is 5.32 Å². The maximum absolute atomic E-state index is 12.1. The van der Waals surface area contributed by atoms with E-state index in [1.807, 2.05) is 0 Å². The topological polar surface area (TPSA) is 55.4 Å². The summed E-state index contributed by atoms with van der Waals surface area (Å²) >= 11 is 11.7. The average Bonchev–Trinajstić information content (AvgIpc) is 2.37. The summed E-state index contributed by atoms with van der Waals surface area (Å²) in [6.07, 6.45) is 0. The molecule has 0 saturated carbocycles. The summed E-state index contributed by atoms with van der Waals surface area (Å²) in [5.74, 6) is -0.353. The standard InChI is InChI=1S/C15H11Cl2NO3/c1-9(19)21-14-4-2-10(3-5-14)15(20)18-13-7-11(16)6-12(17)8-13/h2-8H,1H3,(H,18,20). The van der Waals surface area contributed by atoms with Gasteiger partial charge in [-0.3, -0.25) is 9.59 Å². The first-order chi connectivity index (χ1) is 9.94. The maximum Gasteiger partial charge on any atom is 0.308 e. The van der Waals surface area contributed by atoms with E-state index in [-0.39, 0.29) is 5.91 Å². The molecule has 1 N–H and O–H groups in total. The SMILES string of the molecule is CC(=O)Oc1ccc(C(=O)Nc2cc(Cl)cc(Cl)c2)cc1. The number of rotatable bonds is 3. The Morgan fingerprint density at radius 3 is 2.10 bits per heavy atom. The van der Waals surface area contributed by atoms with Crippen LogP contribution >= 0.6 is 23.2 Å². The van der Waals surface area contributed by atoms with Crippen LogP contribution in [0.4, 0.5) is 5.69 Å². The van der Waals surface area contributed by atoms with E-state index in [0.29, 0.717) is 27.0 Å². The molecule has 108 valence electrons. The molecule has 0 radical (unpaired) electrons. The predicted molar refractivity (Wildman–Crippen MR) is 82.2 cm³/mol. The second-order valence-corrected chi connectivity index (χ2v) is 5.10. The largest absolute Gasteiger partial charge is 0.427 e. The lowest BCUT2D eigenvalue weighted by atomic mass is 10.2. The summed E-state index contributed by atoms with van der Waals surface area (Å²) in [5.41, 5.74) is 0.920. The molecule has 0 aliphatic carbocycles. The first-order valence-corrected chi connectivity index (χ1v) is 6.75. The molecule has 0 unspecified atom stereocenters. The number of esters is 1. The van der Waals surface area contributed by atoms with Crippen molar-refractivity contribution in [3.05, 3.63) is 58.1 Å². The summed E-state index contributed by atoms with van der Waals surface area (Å²) < 4.78 is 4.89. The molecule has 0 aliphatic rings. The zero-order valence-electron chi connectivity index (χ0n) is 11.0. The van der Waals surface area contributed by atoms with Gasteiger partial charge in [-0.25, -0.2) is 0 Å². The smallest absolute Gasteiger partial charge is 0.308 e. The molecule has 0 fully saturated rings. The van der Waals surface area contributed by atoms with Gasteiger partial charge in [0.2, 0.25) is 0 Å². The number of carbonyl (C=O) groups excluding carboxylic acids is 2. The van der Waals surface area contributed by atoms with E-state index >= 15 is 0 Å². The van der Waals surface area contributed by atoms with Crippen molar-refractivity contribution in [3.8, 4) is 5.75 Å². The Morgan fingerprint density at radius 1 is 1.00 bits per heavy atom. The highest BCUT2D eigenvalue weighted by Gasteiger charge is 2.08. The van der Waals surface area contributed by atoms with E-state index in [0.717, 1.165) is 0 Å². The number of hydrogen-bond donors (Lipinski definition) is 1. The number of ether oxygens (including phenoxy) is 1. The van der Waals surface area contributed by atoms with Crippen molar-refractivity contribution < 1.29 is 14.3 Å². The highest BCUT2D eigenvalue weighted by atomic mass is 35.5. The van der Waals surface area contributed by atoms with Crippen LogP contribution in [0.5, 0.6) is 5.75 Å². The van der Waals surface area contributed by atoms with Crippen LogP contribution in [-0.4, -0.2) is 11.9 Å². The quantitative estimate of drug-likeness (QED) is 0.681. The molecule has 2 aromatic carbocycles. The monoisotopic (exact) mass is 323 g/mol. The fourth-order valence-corrected chi connectivity index (χ4v) is 2.20. The van der Waals surface area contributed by atoms with E-state index in [1.165, 1.54) is 6.92 Å². The first kappa shape index (κ1) is 15.4. The number of hydrogen-bond acceptors (Lipinski definition) is 3. The molecule has 0 saturated heterocycles. The van der Waals surface area contributed by atoms with Gasteiger partial charge in [-0.2, -0.15) is 0 Å². The van der Waals surface area contributed by atoms with Gasteiger partial charge in [0.25, 0.3) is 5.91 Å². The van der Waals surface area contributed by atoms with Gasteiger partial charge < -0.3 is 10.1 Å². The molecule has 2 rings (SSSR count). The van der Waals surface area contributed by atoms with Crippen molar-refractivity contribution in [2.24, 2.45) is 0 Å². The average molecular weight is 324 g/mol. The van der Waals surface area contributed by atoms with Crippen LogP contribution in [0.2, 0.25) is 10.0 Å². The first-order valence-electron chi connectivity index (χ1n) is 6.00. The van der Waals surface area contributed by atoms with E-state index in [1.54, 1.807) is 42.5 Å². The highest BCUT2D eigenvalue weighted by Crippen LogP contribution is 2.23. The van der Waals surface area contributed by atoms with Crippen LogP contribution in [0.1, 0.15) is 17.3 Å². The van der Waals surface area contributed by atoms with Crippen molar-refractivity contribution in [3.63, 3.8) is 0 Å². The molecular weight excluding hydrogens is 313 g/mol. The summed E-state index contributed by atoms with van der Waals surface area (Å²) in [6.45, 7) is 1.31. The van der Waals surface area contributed by atoms with Gasteiger partial charge in [0, 0.05) is 28.2 Å². The van der Waals surface area contributed by atoms with E-state index in [9.17, 15) is 9.59 Å². The molecule has 1 amide bonds. The van der Waals surface area contributed by atoms with Crippen LogP contribution in [0.15, 0.2) is 42.5 Å². The Morgan fingerprint density at radius 2 is 1.57 bits per heavy atom. The summed E-state index contributed by atoms with van der Waals surface area (Å²) in [7, 11) is 0. The molecule has 0 aliphatic heterocycles. The van der Waals surface area contributed by atoms with Crippen molar-refractivity contribution in [1.82, 2.24) is 0 Å². The zero-order chi connectivity index (χ0) is 15.4. The van der Waals surface area contributed by atoms with E-state index in [2.05, 4.69) is 5.32 Å². The molecule has 0 spiro atoms. The summed E-state index contributed by atoms with van der Waals surface area (Å²) in [6, 6.07) is 11.0. The second-order valence-electron chi connectivity index (χ2n) is 4.23. The van der Waals surface area contributed by atoms with Crippen molar-refractivity contribution >= 4 is 40.8 Å². The molecule has 0 aromatic heterocycles. The fourth-order valence-electron chi connectivity index (χ4n) is 1.67. The van der Waals surface area contributed by atoms with Crippen LogP contribution in [0.25, 0.3) is 0 Å². The Bertz CT molecular complexity index is 664. The molecule has 0 bridgehead atoms. The lowest BCUT2D eigenvalue weighted by Gasteiger charge is -2.07. The molecular formula is C15H11Cl2NO3. The molecule has 6 heteroatoms. The number of benzene rings is 2. The molecule has 4 nitrogen and oxygen atoms in total. The maximum atomic E-state index is 12.1. The Hall–Kier alpha value is -2.04. The number of amides is 1. The van der Waals surface area contributed by atoms with Gasteiger partial charge in [-0.15, -0.1) is 0 Å². The normalized spacial score (nSPS) is 10.0. The molecule has 21 heavy (non-hydrogen) atoms. The highest BCUT2D eigenvalue weighted by molar-refractivity contribution is 6.35. The number of anilines is 1. The van der Waals surface area contributed by atoms with Crippen LogP contribution in [0.3, 0.4) is 0 Å². The number of nitrogens with one attached hydrogen (secondary N) is 1. The van der Waals surface area contributed by atoms with Crippen molar-refractivity contribution in [2.45, 2.75) is 6.92 Å². The van der Waals surface area contributed by atoms with Gasteiger partial charge in [-0.05, 0) is 42.5 Å². The Labute approximate surface area is 131 Å².